The second kappa shape index (κ2) is 13.0. The zero-order chi connectivity index (χ0) is 29.8. The fourth-order valence-electron chi connectivity index (χ4n) is 6.37. The Morgan fingerprint density at radius 1 is 1.21 bits per heavy atom. The number of hydrogen-bond donors (Lipinski definition) is 2. The van der Waals surface area contributed by atoms with Gasteiger partial charge in [-0.05, 0) is 48.2 Å². The number of carbonyl (C=O) groups is 3. The van der Waals surface area contributed by atoms with Crippen LogP contribution in [0.4, 0.5) is 5.69 Å². The molecule has 3 N–H and O–H groups in total. The largest absolute Gasteiger partial charge is 0.493 e. The standard InChI is InChI=1S/C31H40N4O7/c1-3-4-11-35(22-8-5-7-20(12-22)15-32)28(37)18-34-16-23(21-13-25(40-2)30-26(14-21)41-19-42-30)29(31(38)39)24(34)17-33-10-6-9-27(33)36/h5,7-8,12-14,23-24,29H,3-4,6,9-11,15-19,32H2,1-2H3,(H,38,39)/t23-,24+,29?/m1/s1. The summed E-state index contributed by atoms with van der Waals surface area (Å²) < 4.78 is 16.7. The average Bonchev–Trinajstić information content (AvgIpc) is 3.72. The molecule has 3 heterocycles. The summed E-state index contributed by atoms with van der Waals surface area (Å²) in [6.45, 7) is 4.21. The van der Waals surface area contributed by atoms with Gasteiger partial charge in [-0.15, -0.1) is 0 Å². The lowest BCUT2D eigenvalue weighted by atomic mass is 9.84. The number of aliphatic carboxylic acids is 1. The van der Waals surface area contributed by atoms with Gasteiger partial charge in [0.15, 0.2) is 11.5 Å². The van der Waals surface area contributed by atoms with E-state index in [1.165, 1.54) is 7.11 Å². The molecule has 3 aliphatic heterocycles. The van der Waals surface area contributed by atoms with E-state index in [1.807, 2.05) is 29.2 Å². The molecule has 5 rings (SSSR count). The number of carboxylic acid groups (broad SMARTS) is 1. The predicted molar refractivity (Wildman–Crippen MR) is 156 cm³/mol. The first-order valence-electron chi connectivity index (χ1n) is 14.7. The summed E-state index contributed by atoms with van der Waals surface area (Å²) in [5.74, 6) is -0.946. The summed E-state index contributed by atoms with van der Waals surface area (Å²) in [7, 11) is 1.53. The quantitative estimate of drug-likeness (QED) is 0.389. The molecule has 2 fully saturated rings. The summed E-state index contributed by atoms with van der Waals surface area (Å²) in [5, 5.41) is 10.6. The van der Waals surface area contributed by atoms with Crippen molar-refractivity contribution in [3.63, 3.8) is 0 Å². The second-order valence-corrected chi connectivity index (χ2v) is 11.1. The lowest BCUT2D eigenvalue weighted by Gasteiger charge is -2.32. The van der Waals surface area contributed by atoms with E-state index in [0.29, 0.717) is 49.8 Å². The maximum atomic E-state index is 14.0. The molecule has 42 heavy (non-hydrogen) atoms. The number of nitrogens with zero attached hydrogens (tertiary/aromatic N) is 3. The number of hydrogen-bond acceptors (Lipinski definition) is 8. The smallest absolute Gasteiger partial charge is 0.308 e. The van der Waals surface area contributed by atoms with Crippen molar-refractivity contribution < 1.29 is 33.7 Å². The van der Waals surface area contributed by atoms with Crippen molar-refractivity contribution >= 4 is 23.5 Å². The Hall–Kier alpha value is -3.83. The van der Waals surface area contributed by atoms with Crippen LogP contribution >= 0.6 is 0 Å². The summed E-state index contributed by atoms with van der Waals surface area (Å²) in [6.07, 6.45) is 2.93. The van der Waals surface area contributed by atoms with Crippen molar-refractivity contribution in [2.45, 2.75) is 51.1 Å². The third-order valence-electron chi connectivity index (χ3n) is 8.55. The van der Waals surface area contributed by atoms with E-state index in [2.05, 4.69) is 6.92 Å². The molecule has 0 radical (unpaired) electrons. The molecule has 2 aromatic rings. The van der Waals surface area contributed by atoms with Crippen molar-refractivity contribution in [3.8, 4) is 17.2 Å². The molecule has 2 saturated heterocycles. The van der Waals surface area contributed by atoms with Crippen molar-refractivity contribution in [2.75, 3.05) is 51.5 Å². The molecule has 0 spiro atoms. The van der Waals surface area contributed by atoms with Gasteiger partial charge in [-0.3, -0.25) is 19.3 Å². The van der Waals surface area contributed by atoms with Crippen LogP contribution in [0.1, 0.15) is 49.7 Å². The van der Waals surface area contributed by atoms with Crippen LogP contribution in [0, 0.1) is 5.92 Å². The van der Waals surface area contributed by atoms with Gasteiger partial charge in [-0.2, -0.15) is 0 Å². The van der Waals surface area contributed by atoms with Crippen LogP contribution in [0.5, 0.6) is 17.2 Å². The van der Waals surface area contributed by atoms with Gasteiger partial charge in [0.2, 0.25) is 24.4 Å². The lowest BCUT2D eigenvalue weighted by molar-refractivity contribution is -0.144. The molecule has 11 nitrogen and oxygen atoms in total. The number of anilines is 1. The molecular weight excluding hydrogens is 540 g/mol. The molecule has 2 amide bonds. The van der Waals surface area contributed by atoms with E-state index in [4.69, 9.17) is 19.9 Å². The van der Waals surface area contributed by atoms with Crippen LogP contribution in [-0.2, 0) is 20.9 Å². The summed E-state index contributed by atoms with van der Waals surface area (Å²) >= 11 is 0. The molecule has 0 saturated carbocycles. The third-order valence-corrected chi connectivity index (χ3v) is 8.55. The highest BCUT2D eigenvalue weighted by atomic mass is 16.7. The minimum absolute atomic E-state index is 0.0155. The van der Waals surface area contributed by atoms with Gasteiger partial charge in [-0.25, -0.2) is 0 Å². The molecular formula is C31H40N4O7. The first-order chi connectivity index (χ1) is 20.3. The molecule has 226 valence electrons. The normalized spacial score (nSPS) is 21.6. The highest BCUT2D eigenvalue weighted by Gasteiger charge is 2.49. The maximum Gasteiger partial charge on any atom is 0.308 e. The fourth-order valence-corrected chi connectivity index (χ4v) is 6.37. The molecule has 0 bridgehead atoms. The van der Waals surface area contributed by atoms with Crippen LogP contribution in [0.15, 0.2) is 36.4 Å². The highest BCUT2D eigenvalue weighted by molar-refractivity contribution is 5.95. The minimum atomic E-state index is -0.971. The molecule has 1 unspecified atom stereocenters. The summed E-state index contributed by atoms with van der Waals surface area (Å²) in [5.41, 5.74) is 8.31. The number of carbonyl (C=O) groups excluding carboxylic acids is 2. The number of ether oxygens (including phenoxy) is 3. The first-order valence-corrected chi connectivity index (χ1v) is 14.7. The molecule has 3 aliphatic rings. The Bertz CT molecular complexity index is 1320. The fraction of sp³-hybridized carbons (Fsp3) is 0.516. The predicted octanol–water partition coefficient (Wildman–Crippen LogP) is 2.81. The average molecular weight is 581 g/mol. The number of likely N-dealkylation sites (tertiary alicyclic amines) is 2. The van der Waals surface area contributed by atoms with Gasteiger partial charge in [0.25, 0.3) is 0 Å². The van der Waals surface area contributed by atoms with Crippen LogP contribution < -0.4 is 24.8 Å². The zero-order valence-electron chi connectivity index (χ0n) is 24.3. The second-order valence-electron chi connectivity index (χ2n) is 11.1. The van der Waals surface area contributed by atoms with Gasteiger partial charge in [0, 0.05) is 56.8 Å². The molecule has 11 heteroatoms. The number of nitrogens with two attached hydrogens (primary N) is 1. The minimum Gasteiger partial charge on any atom is -0.493 e. The SMILES string of the molecule is CCCCN(C(=O)CN1C[C@H](c2cc(OC)c3c(c2)OCO3)C(C(=O)O)[C@@H]1CN1CCCC1=O)c1cccc(CN)c1. The Morgan fingerprint density at radius 3 is 2.74 bits per heavy atom. The molecule has 3 atom stereocenters. The van der Waals surface area contributed by atoms with Crippen LogP contribution in [0.2, 0.25) is 0 Å². The number of carboxylic acids is 1. The molecule has 0 aromatic heterocycles. The molecule has 0 aliphatic carbocycles. The van der Waals surface area contributed by atoms with E-state index in [0.717, 1.165) is 36.1 Å². The zero-order valence-corrected chi connectivity index (χ0v) is 24.3. The first kappa shape index (κ1) is 29.7. The van der Waals surface area contributed by atoms with Crippen LogP contribution in [-0.4, -0.2) is 85.4 Å². The van der Waals surface area contributed by atoms with Gasteiger partial charge in [0.1, 0.15) is 0 Å². The van der Waals surface area contributed by atoms with Gasteiger partial charge >= 0.3 is 5.97 Å². The van der Waals surface area contributed by atoms with Crippen molar-refractivity contribution in [2.24, 2.45) is 11.7 Å². The highest BCUT2D eigenvalue weighted by Crippen LogP contribution is 2.47. The van der Waals surface area contributed by atoms with Gasteiger partial charge < -0.3 is 34.9 Å². The number of unbranched alkanes of at least 4 members (excludes halogenated alkanes) is 1. The number of rotatable bonds is 12. The van der Waals surface area contributed by atoms with Crippen LogP contribution in [0.3, 0.4) is 0 Å². The van der Waals surface area contributed by atoms with Crippen molar-refractivity contribution in [1.29, 1.82) is 0 Å². The maximum absolute atomic E-state index is 14.0. The Labute approximate surface area is 246 Å². The summed E-state index contributed by atoms with van der Waals surface area (Å²) in [4.78, 5) is 45.0. The lowest BCUT2D eigenvalue weighted by Crippen LogP contribution is -2.49. The monoisotopic (exact) mass is 580 g/mol. The van der Waals surface area contributed by atoms with E-state index < -0.39 is 23.8 Å². The van der Waals surface area contributed by atoms with Crippen molar-refractivity contribution in [1.82, 2.24) is 9.80 Å². The Kier molecular flexibility index (Phi) is 9.18. The topological polar surface area (TPSA) is 135 Å². The summed E-state index contributed by atoms with van der Waals surface area (Å²) in [6, 6.07) is 10.7. The molecule has 2 aromatic carbocycles. The third kappa shape index (κ3) is 6.03. The van der Waals surface area contributed by atoms with E-state index in [9.17, 15) is 19.5 Å². The number of benzene rings is 2. The van der Waals surface area contributed by atoms with Gasteiger partial charge in [-0.1, -0.05) is 25.5 Å². The number of fused-ring (bicyclic) bond motifs is 1. The van der Waals surface area contributed by atoms with Gasteiger partial charge in [0.05, 0.1) is 19.6 Å². The van der Waals surface area contributed by atoms with E-state index in [1.54, 1.807) is 21.9 Å². The van der Waals surface area contributed by atoms with Crippen molar-refractivity contribution in [3.05, 3.63) is 47.5 Å². The Morgan fingerprint density at radius 2 is 2.05 bits per heavy atom. The number of amides is 2. The van der Waals surface area contributed by atoms with Crippen LogP contribution in [0.25, 0.3) is 0 Å². The Balaban J connectivity index is 1.48. The number of methoxy groups -OCH3 is 1. The van der Waals surface area contributed by atoms with E-state index in [-0.39, 0.29) is 31.7 Å². The van der Waals surface area contributed by atoms with E-state index >= 15 is 0 Å².